The van der Waals surface area contributed by atoms with Gasteiger partial charge in [0.25, 0.3) is 5.12 Å². The van der Waals surface area contributed by atoms with Crippen LogP contribution in [0.2, 0.25) is 0 Å². The Kier molecular flexibility index (Phi) is 4.81. The van der Waals surface area contributed by atoms with Crippen LogP contribution in [0.4, 0.5) is 5.69 Å². The topological polar surface area (TPSA) is 60.2 Å². The molecule has 2 aromatic rings. The van der Waals surface area contributed by atoms with Crippen molar-refractivity contribution < 1.29 is 9.59 Å². The minimum atomic E-state index is -0.507. The largest absolute Gasteiger partial charge is 0.399 e. The zero-order chi connectivity index (χ0) is 15.4. The number of benzene rings is 2. The van der Waals surface area contributed by atoms with Gasteiger partial charge in [-0.2, -0.15) is 0 Å². The summed E-state index contributed by atoms with van der Waals surface area (Å²) in [5.41, 5.74) is 7.70. The molecule has 0 unspecified atom stereocenters. The number of ketones is 1. The molecule has 2 rings (SSSR count). The third kappa shape index (κ3) is 3.95. The monoisotopic (exact) mass is 299 g/mol. The first kappa shape index (κ1) is 15.3. The van der Waals surface area contributed by atoms with Crippen LogP contribution in [0.25, 0.3) is 0 Å². The van der Waals surface area contributed by atoms with Crippen LogP contribution in [-0.4, -0.2) is 10.9 Å². The molecule has 0 aliphatic rings. The fraction of sp³-hybridized carbons (Fsp3) is 0.176. The minimum Gasteiger partial charge on any atom is -0.399 e. The smallest absolute Gasteiger partial charge is 0.264 e. The molecular weight excluding hydrogens is 282 g/mol. The highest BCUT2D eigenvalue weighted by Crippen LogP contribution is 2.23. The Morgan fingerprint density at radius 3 is 2.05 bits per heavy atom. The third-order valence-electron chi connectivity index (χ3n) is 3.12. The Labute approximate surface area is 128 Å². The molecular formula is C17H17NO2S. The SMILES string of the molecule is CC(C)c1ccc(SC(=O)C(=O)c2ccc(N)cc2)cc1. The quantitative estimate of drug-likeness (QED) is 0.402. The maximum Gasteiger partial charge on any atom is 0.264 e. The van der Waals surface area contributed by atoms with Gasteiger partial charge in [-0.25, -0.2) is 0 Å². The number of thioether (sulfide) groups is 1. The average molecular weight is 299 g/mol. The molecule has 0 saturated heterocycles. The van der Waals surface area contributed by atoms with Crippen LogP contribution in [0.3, 0.4) is 0 Å². The van der Waals surface area contributed by atoms with E-state index in [0.717, 1.165) is 16.7 Å². The van der Waals surface area contributed by atoms with E-state index >= 15 is 0 Å². The van der Waals surface area contributed by atoms with Crippen LogP contribution >= 0.6 is 11.8 Å². The van der Waals surface area contributed by atoms with E-state index in [4.69, 9.17) is 5.73 Å². The number of hydrogen-bond donors (Lipinski definition) is 1. The van der Waals surface area contributed by atoms with Crippen molar-refractivity contribution in [2.45, 2.75) is 24.7 Å². The van der Waals surface area contributed by atoms with E-state index < -0.39 is 10.9 Å². The molecule has 0 bridgehead atoms. The average Bonchev–Trinajstić information content (AvgIpc) is 2.47. The van der Waals surface area contributed by atoms with E-state index in [1.807, 2.05) is 24.3 Å². The number of hydrogen-bond acceptors (Lipinski definition) is 4. The summed E-state index contributed by atoms with van der Waals surface area (Å²) in [5, 5.41) is -0.489. The minimum absolute atomic E-state index is 0.362. The molecule has 0 amide bonds. The number of Topliss-reactive ketones (excluding diaryl/α,β-unsaturated/α-hetero) is 1. The molecule has 108 valence electrons. The number of rotatable bonds is 4. The van der Waals surface area contributed by atoms with Crippen molar-refractivity contribution >= 4 is 28.3 Å². The Morgan fingerprint density at radius 1 is 0.952 bits per heavy atom. The van der Waals surface area contributed by atoms with Crippen molar-refractivity contribution in [3.63, 3.8) is 0 Å². The Hall–Kier alpha value is -2.07. The number of carbonyl (C=O) groups excluding carboxylic acids is 2. The molecule has 21 heavy (non-hydrogen) atoms. The summed E-state index contributed by atoms with van der Waals surface area (Å²) < 4.78 is 0. The summed E-state index contributed by atoms with van der Waals surface area (Å²) in [4.78, 5) is 24.8. The number of anilines is 1. The summed E-state index contributed by atoms with van der Waals surface area (Å²) in [6, 6.07) is 14.1. The van der Waals surface area contributed by atoms with Crippen LogP contribution in [-0.2, 0) is 4.79 Å². The molecule has 0 aliphatic heterocycles. The molecule has 0 atom stereocenters. The lowest BCUT2D eigenvalue weighted by Gasteiger charge is -2.06. The lowest BCUT2D eigenvalue weighted by Crippen LogP contribution is -2.10. The highest BCUT2D eigenvalue weighted by atomic mass is 32.2. The van der Waals surface area contributed by atoms with Gasteiger partial charge in [0, 0.05) is 16.1 Å². The molecule has 0 heterocycles. The lowest BCUT2D eigenvalue weighted by molar-refractivity contribution is -0.107. The highest BCUT2D eigenvalue weighted by molar-refractivity contribution is 8.15. The van der Waals surface area contributed by atoms with Crippen molar-refractivity contribution in [3.8, 4) is 0 Å². The number of carbonyl (C=O) groups is 2. The van der Waals surface area contributed by atoms with E-state index in [-0.39, 0.29) is 0 Å². The van der Waals surface area contributed by atoms with E-state index in [0.29, 0.717) is 17.2 Å². The molecule has 2 N–H and O–H groups in total. The van der Waals surface area contributed by atoms with Crippen molar-refractivity contribution in [3.05, 3.63) is 59.7 Å². The fourth-order valence-electron chi connectivity index (χ4n) is 1.83. The molecule has 0 aromatic heterocycles. The third-order valence-corrected chi connectivity index (χ3v) is 3.99. The molecule has 0 saturated carbocycles. The van der Waals surface area contributed by atoms with Gasteiger partial charge < -0.3 is 5.73 Å². The lowest BCUT2D eigenvalue weighted by atomic mass is 10.0. The van der Waals surface area contributed by atoms with Gasteiger partial charge in [-0.1, -0.05) is 26.0 Å². The van der Waals surface area contributed by atoms with Gasteiger partial charge in [0.2, 0.25) is 5.78 Å². The standard InChI is InChI=1S/C17H17NO2S/c1-11(2)12-5-9-15(10-6-12)21-17(20)16(19)13-3-7-14(18)8-4-13/h3-11H,18H2,1-2H3. The normalized spacial score (nSPS) is 10.6. The van der Waals surface area contributed by atoms with Gasteiger partial charge >= 0.3 is 0 Å². The number of nitrogen functional groups attached to an aromatic ring is 1. The van der Waals surface area contributed by atoms with Crippen LogP contribution in [0.5, 0.6) is 0 Å². The molecule has 0 aliphatic carbocycles. The molecule has 2 aromatic carbocycles. The first-order chi connectivity index (χ1) is 9.97. The van der Waals surface area contributed by atoms with Crippen molar-refractivity contribution in [1.82, 2.24) is 0 Å². The zero-order valence-electron chi connectivity index (χ0n) is 12.0. The molecule has 0 radical (unpaired) electrons. The Bertz CT molecular complexity index is 645. The summed E-state index contributed by atoms with van der Waals surface area (Å²) in [6.07, 6.45) is 0. The van der Waals surface area contributed by atoms with E-state index in [1.54, 1.807) is 24.3 Å². The van der Waals surface area contributed by atoms with Crippen LogP contribution in [0, 0.1) is 0 Å². The van der Waals surface area contributed by atoms with Crippen LogP contribution < -0.4 is 5.73 Å². The molecule has 3 nitrogen and oxygen atoms in total. The fourth-order valence-corrected chi connectivity index (χ4v) is 2.52. The summed E-state index contributed by atoms with van der Waals surface area (Å²) in [6.45, 7) is 4.22. The highest BCUT2D eigenvalue weighted by Gasteiger charge is 2.17. The number of nitrogens with two attached hydrogens (primary N) is 1. The van der Waals surface area contributed by atoms with Gasteiger partial charge in [0.15, 0.2) is 0 Å². The predicted molar refractivity (Wildman–Crippen MR) is 86.6 cm³/mol. The molecule has 0 fully saturated rings. The van der Waals surface area contributed by atoms with Crippen molar-refractivity contribution in [1.29, 1.82) is 0 Å². The van der Waals surface area contributed by atoms with Crippen molar-refractivity contribution in [2.24, 2.45) is 0 Å². The van der Waals surface area contributed by atoms with E-state index in [9.17, 15) is 9.59 Å². The second-order valence-electron chi connectivity index (χ2n) is 5.06. The zero-order valence-corrected chi connectivity index (χ0v) is 12.8. The van der Waals surface area contributed by atoms with Gasteiger partial charge in [0.1, 0.15) is 0 Å². The second kappa shape index (κ2) is 6.59. The van der Waals surface area contributed by atoms with Gasteiger partial charge in [0.05, 0.1) is 0 Å². The molecule has 0 spiro atoms. The van der Waals surface area contributed by atoms with E-state index in [1.165, 1.54) is 5.56 Å². The van der Waals surface area contributed by atoms with Crippen LogP contribution in [0.1, 0.15) is 35.7 Å². The van der Waals surface area contributed by atoms with E-state index in [2.05, 4.69) is 13.8 Å². The Morgan fingerprint density at radius 2 is 1.52 bits per heavy atom. The summed E-state index contributed by atoms with van der Waals surface area (Å²) in [7, 11) is 0. The van der Waals surface area contributed by atoms with Crippen LogP contribution in [0.15, 0.2) is 53.4 Å². The first-order valence-corrected chi connectivity index (χ1v) is 7.51. The Balaban J connectivity index is 2.07. The first-order valence-electron chi connectivity index (χ1n) is 6.69. The summed E-state index contributed by atoms with van der Waals surface area (Å²) >= 11 is 0.951. The van der Waals surface area contributed by atoms with Gasteiger partial charge in [-0.05, 0) is 59.6 Å². The molecule has 4 heteroatoms. The predicted octanol–water partition coefficient (Wildman–Crippen LogP) is 3.89. The maximum atomic E-state index is 12.0. The maximum absolute atomic E-state index is 12.0. The second-order valence-corrected chi connectivity index (χ2v) is 6.11. The van der Waals surface area contributed by atoms with Gasteiger partial charge in [-0.15, -0.1) is 0 Å². The van der Waals surface area contributed by atoms with Crippen molar-refractivity contribution in [2.75, 3.05) is 5.73 Å². The summed E-state index contributed by atoms with van der Waals surface area (Å²) in [5.74, 6) is -0.0657. The van der Waals surface area contributed by atoms with Gasteiger partial charge in [-0.3, -0.25) is 9.59 Å².